The Bertz CT molecular complexity index is 289. The molecule has 0 bridgehead atoms. The van der Waals surface area contributed by atoms with E-state index >= 15 is 0 Å². The SMILES string of the molecule is CCCCC/C=C\C/C=C\CCCCCCCC(=O)[O-].CCO.[K+]. The predicted octanol–water partition coefficient (Wildman–Crippen LogP) is 1.55. The van der Waals surface area contributed by atoms with E-state index in [1.807, 2.05) is 0 Å². The van der Waals surface area contributed by atoms with Gasteiger partial charge in [-0.1, -0.05) is 63.3 Å². The zero-order valence-corrected chi connectivity index (χ0v) is 19.4. The Morgan fingerprint density at radius 1 is 0.833 bits per heavy atom. The molecule has 0 saturated carbocycles. The average Bonchev–Trinajstić information content (AvgIpc) is 2.51. The number of allylic oxidation sites excluding steroid dienone is 4. The van der Waals surface area contributed by atoms with E-state index in [0.29, 0.717) is 0 Å². The molecule has 0 atom stereocenters. The van der Waals surface area contributed by atoms with Gasteiger partial charge in [-0.05, 0) is 51.9 Å². The third kappa shape index (κ3) is 34.0. The number of carboxylic acids is 1. The van der Waals surface area contributed by atoms with Gasteiger partial charge in [-0.25, -0.2) is 0 Å². The number of carbonyl (C=O) groups excluding carboxylic acids is 1. The van der Waals surface area contributed by atoms with Crippen LogP contribution in [0.4, 0.5) is 0 Å². The van der Waals surface area contributed by atoms with E-state index in [1.54, 1.807) is 6.92 Å². The topological polar surface area (TPSA) is 60.4 Å². The second-order valence-electron chi connectivity index (χ2n) is 5.67. The van der Waals surface area contributed by atoms with Gasteiger partial charge in [0.25, 0.3) is 0 Å². The number of carbonyl (C=O) groups is 1. The molecule has 0 aliphatic rings. The first kappa shape index (κ1) is 29.3. The molecule has 0 aliphatic heterocycles. The van der Waals surface area contributed by atoms with E-state index in [1.165, 1.54) is 38.5 Å². The van der Waals surface area contributed by atoms with Crippen LogP contribution in [0.2, 0.25) is 0 Å². The van der Waals surface area contributed by atoms with Gasteiger partial charge in [0.05, 0.1) is 0 Å². The Hall–Kier alpha value is 0.546. The molecule has 0 radical (unpaired) electrons. The maximum absolute atomic E-state index is 10.2. The minimum Gasteiger partial charge on any atom is -0.550 e. The van der Waals surface area contributed by atoms with Crippen LogP contribution in [0, 0.1) is 0 Å². The molecule has 3 nitrogen and oxygen atoms in total. The van der Waals surface area contributed by atoms with Crippen LogP contribution in [0.3, 0.4) is 0 Å². The molecular weight excluding hydrogens is 327 g/mol. The summed E-state index contributed by atoms with van der Waals surface area (Å²) in [4.78, 5) is 10.2. The molecule has 0 fully saturated rings. The number of rotatable bonds is 14. The van der Waals surface area contributed by atoms with Crippen LogP contribution >= 0.6 is 0 Å². The molecule has 0 aromatic heterocycles. The van der Waals surface area contributed by atoms with Gasteiger partial charge in [-0.3, -0.25) is 0 Å². The fourth-order valence-corrected chi connectivity index (χ4v) is 2.08. The van der Waals surface area contributed by atoms with Gasteiger partial charge in [0.1, 0.15) is 0 Å². The zero-order chi connectivity index (χ0) is 17.6. The summed E-state index contributed by atoms with van der Waals surface area (Å²) in [5.41, 5.74) is 0. The summed E-state index contributed by atoms with van der Waals surface area (Å²) in [5, 5.41) is 17.8. The Morgan fingerprint density at radius 3 is 1.79 bits per heavy atom. The second kappa shape index (κ2) is 28.4. The molecule has 24 heavy (non-hydrogen) atoms. The maximum Gasteiger partial charge on any atom is 1.00 e. The Morgan fingerprint density at radius 2 is 1.29 bits per heavy atom. The largest absolute Gasteiger partial charge is 1.00 e. The number of carboxylic acid groups (broad SMARTS) is 1. The Balaban J connectivity index is -0.00000102. The first-order chi connectivity index (χ1) is 11.2. The quantitative estimate of drug-likeness (QED) is 0.289. The summed E-state index contributed by atoms with van der Waals surface area (Å²) in [7, 11) is 0. The van der Waals surface area contributed by atoms with E-state index in [9.17, 15) is 9.90 Å². The number of aliphatic carboxylic acids is 1. The van der Waals surface area contributed by atoms with Crippen molar-refractivity contribution in [1.29, 1.82) is 0 Å². The minimum absolute atomic E-state index is 0. The van der Waals surface area contributed by atoms with Crippen LogP contribution in [0.25, 0.3) is 0 Å². The molecule has 0 rings (SSSR count). The molecular formula is C20H37KO3. The van der Waals surface area contributed by atoms with Crippen molar-refractivity contribution in [3.05, 3.63) is 24.3 Å². The van der Waals surface area contributed by atoms with Gasteiger partial charge < -0.3 is 15.0 Å². The van der Waals surface area contributed by atoms with Crippen LogP contribution < -0.4 is 56.5 Å². The van der Waals surface area contributed by atoms with Crippen molar-refractivity contribution in [3.8, 4) is 0 Å². The van der Waals surface area contributed by atoms with Crippen LogP contribution in [0.15, 0.2) is 24.3 Å². The summed E-state index contributed by atoms with van der Waals surface area (Å²) in [6, 6.07) is 0. The number of hydrogen-bond acceptors (Lipinski definition) is 3. The molecule has 0 spiro atoms. The van der Waals surface area contributed by atoms with Crippen molar-refractivity contribution < 1.29 is 66.4 Å². The Kier molecular flexibility index (Phi) is 34.6. The molecule has 1 N–H and O–H groups in total. The summed E-state index contributed by atoms with van der Waals surface area (Å²) < 4.78 is 0. The third-order valence-corrected chi connectivity index (χ3v) is 3.33. The van der Waals surface area contributed by atoms with E-state index in [2.05, 4.69) is 31.2 Å². The van der Waals surface area contributed by atoms with Gasteiger partial charge in [-0.15, -0.1) is 0 Å². The van der Waals surface area contributed by atoms with E-state index in [4.69, 9.17) is 5.11 Å². The van der Waals surface area contributed by atoms with E-state index < -0.39 is 5.97 Å². The van der Waals surface area contributed by atoms with Gasteiger partial charge in [0.2, 0.25) is 0 Å². The zero-order valence-electron chi connectivity index (χ0n) is 16.3. The number of aliphatic hydroxyl groups is 1. The van der Waals surface area contributed by atoms with Crippen LogP contribution in [-0.2, 0) is 4.79 Å². The van der Waals surface area contributed by atoms with Crippen molar-refractivity contribution in [2.75, 3.05) is 6.61 Å². The van der Waals surface area contributed by atoms with Crippen molar-refractivity contribution in [2.24, 2.45) is 0 Å². The molecule has 0 aromatic carbocycles. The fraction of sp³-hybridized carbons (Fsp3) is 0.750. The van der Waals surface area contributed by atoms with Gasteiger partial charge in [0, 0.05) is 12.6 Å². The summed E-state index contributed by atoms with van der Waals surface area (Å²) >= 11 is 0. The smallest absolute Gasteiger partial charge is 0.550 e. The standard InChI is InChI=1S/C18H32O2.C2H6O.K/c1-2-3-4-5-6-7-8-9-10-11-12-13-14-15-16-17-18(19)20;1-2-3;/h6-7,9-10H,2-5,8,11-17H2,1H3,(H,19,20);3H,2H2,1H3;/q;;+1/p-1/b7-6-,10-9-;;. The summed E-state index contributed by atoms with van der Waals surface area (Å²) in [6.07, 6.45) is 21.9. The number of hydrogen-bond donors (Lipinski definition) is 1. The maximum atomic E-state index is 10.2. The van der Waals surface area contributed by atoms with Crippen molar-refractivity contribution in [3.63, 3.8) is 0 Å². The molecule has 4 heteroatoms. The first-order valence-electron chi connectivity index (χ1n) is 9.29. The minimum atomic E-state index is -0.921. The van der Waals surface area contributed by atoms with Gasteiger partial charge >= 0.3 is 51.4 Å². The van der Waals surface area contributed by atoms with Crippen LogP contribution in [-0.4, -0.2) is 17.7 Å². The van der Waals surface area contributed by atoms with E-state index in [-0.39, 0.29) is 64.4 Å². The molecule has 0 aliphatic carbocycles. The third-order valence-electron chi connectivity index (χ3n) is 3.33. The monoisotopic (exact) mass is 364 g/mol. The second-order valence-corrected chi connectivity index (χ2v) is 5.67. The molecule has 0 amide bonds. The van der Waals surface area contributed by atoms with Crippen molar-refractivity contribution >= 4 is 5.97 Å². The van der Waals surface area contributed by atoms with Gasteiger partial charge in [0.15, 0.2) is 0 Å². The molecule has 136 valence electrons. The van der Waals surface area contributed by atoms with Crippen molar-refractivity contribution in [2.45, 2.75) is 90.9 Å². The predicted molar refractivity (Wildman–Crippen MR) is 97.1 cm³/mol. The summed E-state index contributed by atoms with van der Waals surface area (Å²) in [6.45, 7) is 4.16. The first-order valence-corrected chi connectivity index (χ1v) is 9.29. The van der Waals surface area contributed by atoms with Crippen LogP contribution in [0.1, 0.15) is 90.9 Å². The van der Waals surface area contributed by atoms with Gasteiger partial charge in [-0.2, -0.15) is 0 Å². The normalized spacial score (nSPS) is 10.5. The molecule has 0 aromatic rings. The fourth-order valence-electron chi connectivity index (χ4n) is 2.08. The molecule has 0 heterocycles. The molecule has 0 saturated heterocycles. The van der Waals surface area contributed by atoms with E-state index in [0.717, 1.165) is 32.1 Å². The Labute approximate surface area is 192 Å². The van der Waals surface area contributed by atoms with Crippen molar-refractivity contribution in [1.82, 2.24) is 0 Å². The molecule has 0 unspecified atom stereocenters. The summed E-state index contributed by atoms with van der Waals surface area (Å²) in [5.74, 6) is -0.921. The van der Waals surface area contributed by atoms with Crippen LogP contribution in [0.5, 0.6) is 0 Å². The number of unbranched alkanes of at least 4 members (excludes halogenated alkanes) is 8. The average molecular weight is 365 g/mol. The number of aliphatic hydroxyl groups excluding tert-OH is 1.